The molecule has 1 amide bonds. The molecule has 0 saturated carbocycles. The van der Waals surface area contributed by atoms with E-state index in [2.05, 4.69) is 15.5 Å². The number of anilines is 1. The minimum Gasteiger partial charge on any atom is -0.322 e. The average Bonchev–Trinajstić information content (AvgIpc) is 3.22. The Morgan fingerprint density at radius 1 is 1.26 bits per heavy atom. The van der Waals surface area contributed by atoms with Crippen LogP contribution in [0.15, 0.2) is 42.9 Å². The number of nitrogens with zero attached hydrogens (tertiary/aromatic N) is 5. The highest BCUT2D eigenvalue weighted by molar-refractivity contribution is 5.93. The first-order valence-corrected chi connectivity index (χ1v) is 8.43. The van der Waals surface area contributed by atoms with Crippen molar-refractivity contribution >= 4 is 17.3 Å². The number of carbonyl (C=O) groups is 1. The molecule has 0 fully saturated rings. The first-order chi connectivity index (χ1) is 12.9. The highest BCUT2D eigenvalue weighted by Gasteiger charge is 2.24. The van der Waals surface area contributed by atoms with Gasteiger partial charge in [0.15, 0.2) is 0 Å². The minimum atomic E-state index is -0.696. The van der Waals surface area contributed by atoms with Gasteiger partial charge in [-0.2, -0.15) is 10.2 Å². The van der Waals surface area contributed by atoms with E-state index in [1.807, 2.05) is 31.2 Å². The predicted molar refractivity (Wildman–Crippen MR) is 99.5 cm³/mol. The normalized spacial score (nSPS) is 12.0. The molecule has 3 aromatic rings. The molecule has 1 aromatic carbocycles. The molecule has 0 bridgehead atoms. The zero-order valence-electron chi connectivity index (χ0n) is 15.3. The van der Waals surface area contributed by atoms with Crippen LogP contribution >= 0.6 is 0 Å². The standard InChI is InChI=1S/C18H20N6O3/c1-12-6-4-5-7-15(12)10-22-11-16(8-19-22)21-18(25)14(3)23-13(2)17(9-20-23)24(26)27/h4-9,11,14H,10H2,1-3H3,(H,21,25). The van der Waals surface area contributed by atoms with Crippen molar-refractivity contribution in [3.8, 4) is 0 Å². The van der Waals surface area contributed by atoms with Gasteiger partial charge in [-0.15, -0.1) is 0 Å². The monoisotopic (exact) mass is 368 g/mol. The van der Waals surface area contributed by atoms with E-state index in [1.54, 1.807) is 30.9 Å². The molecule has 140 valence electrons. The molecule has 9 heteroatoms. The third-order valence-electron chi connectivity index (χ3n) is 4.46. The lowest BCUT2D eigenvalue weighted by atomic mass is 10.1. The Bertz CT molecular complexity index is 991. The lowest BCUT2D eigenvalue weighted by molar-refractivity contribution is -0.385. The number of benzene rings is 1. The molecule has 0 radical (unpaired) electrons. The zero-order valence-corrected chi connectivity index (χ0v) is 15.3. The number of nitrogens with one attached hydrogen (secondary N) is 1. The van der Waals surface area contributed by atoms with Crippen LogP contribution in [0.2, 0.25) is 0 Å². The molecule has 2 heterocycles. The number of aryl methyl sites for hydroxylation is 1. The molecular formula is C18H20N6O3. The minimum absolute atomic E-state index is 0.110. The number of nitro groups is 1. The van der Waals surface area contributed by atoms with Gasteiger partial charge in [-0.3, -0.25) is 24.3 Å². The highest BCUT2D eigenvalue weighted by Crippen LogP contribution is 2.21. The van der Waals surface area contributed by atoms with Gasteiger partial charge in [0.2, 0.25) is 5.91 Å². The van der Waals surface area contributed by atoms with Crippen molar-refractivity contribution < 1.29 is 9.72 Å². The SMILES string of the molecule is Cc1ccccc1Cn1cc(NC(=O)C(C)n2ncc([N+](=O)[O-])c2C)cn1. The van der Waals surface area contributed by atoms with E-state index in [0.29, 0.717) is 17.9 Å². The van der Waals surface area contributed by atoms with Crippen LogP contribution in [-0.2, 0) is 11.3 Å². The molecule has 0 spiro atoms. The van der Waals surface area contributed by atoms with E-state index < -0.39 is 11.0 Å². The van der Waals surface area contributed by atoms with E-state index in [4.69, 9.17) is 0 Å². The zero-order chi connectivity index (χ0) is 19.6. The van der Waals surface area contributed by atoms with E-state index in [9.17, 15) is 14.9 Å². The van der Waals surface area contributed by atoms with Gasteiger partial charge in [0.25, 0.3) is 0 Å². The van der Waals surface area contributed by atoms with Gasteiger partial charge in [-0.25, -0.2) is 0 Å². The number of aromatic nitrogens is 4. The molecular weight excluding hydrogens is 348 g/mol. The summed E-state index contributed by atoms with van der Waals surface area (Å²) in [5.41, 5.74) is 3.09. The van der Waals surface area contributed by atoms with E-state index in [0.717, 1.165) is 11.8 Å². The summed E-state index contributed by atoms with van der Waals surface area (Å²) in [6.45, 7) is 5.84. The molecule has 1 N–H and O–H groups in total. The van der Waals surface area contributed by atoms with Gasteiger partial charge < -0.3 is 5.32 Å². The van der Waals surface area contributed by atoms with Crippen molar-refractivity contribution in [1.82, 2.24) is 19.6 Å². The summed E-state index contributed by atoms with van der Waals surface area (Å²) in [4.78, 5) is 22.9. The van der Waals surface area contributed by atoms with Crippen LogP contribution in [0.3, 0.4) is 0 Å². The molecule has 0 saturated heterocycles. The number of hydrogen-bond donors (Lipinski definition) is 1. The quantitative estimate of drug-likeness (QED) is 0.532. The van der Waals surface area contributed by atoms with Gasteiger partial charge in [-0.1, -0.05) is 24.3 Å². The Kier molecular flexibility index (Phi) is 5.02. The average molecular weight is 368 g/mol. The molecule has 0 aliphatic rings. The molecule has 1 unspecified atom stereocenters. The van der Waals surface area contributed by atoms with Crippen LogP contribution in [0.25, 0.3) is 0 Å². The maximum atomic E-state index is 12.5. The number of amides is 1. The van der Waals surface area contributed by atoms with Gasteiger partial charge >= 0.3 is 5.69 Å². The van der Waals surface area contributed by atoms with E-state index in [1.165, 1.54) is 10.2 Å². The van der Waals surface area contributed by atoms with Crippen molar-refractivity contribution in [3.05, 3.63) is 69.8 Å². The van der Waals surface area contributed by atoms with Gasteiger partial charge in [0.05, 0.1) is 23.4 Å². The summed E-state index contributed by atoms with van der Waals surface area (Å²) >= 11 is 0. The fourth-order valence-corrected chi connectivity index (χ4v) is 2.82. The molecule has 2 aromatic heterocycles. The third-order valence-corrected chi connectivity index (χ3v) is 4.46. The topological polar surface area (TPSA) is 108 Å². The van der Waals surface area contributed by atoms with Gasteiger partial charge in [0.1, 0.15) is 17.9 Å². The fourth-order valence-electron chi connectivity index (χ4n) is 2.82. The largest absolute Gasteiger partial charge is 0.322 e. The van der Waals surface area contributed by atoms with Crippen molar-refractivity contribution in [2.24, 2.45) is 0 Å². The lowest BCUT2D eigenvalue weighted by Crippen LogP contribution is -2.25. The van der Waals surface area contributed by atoms with Crippen molar-refractivity contribution in [3.63, 3.8) is 0 Å². The Morgan fingerprint density at radius 2 is 2.00 bits per heavy atom. The summed E-state index contributed by atoms with van der Waals surface area (Å²) in [6.07, 6.45) is 4.47. The smallest absolute Gasteiger partial charge is 0.309 e. The summed E-state index contributed by atoms with van der Waals surface area (Å²) in [5.74, 6) is -0.327. The van der Waals surface area contributed by atoms with Crippen molar-refractivity contribution in [2.75, 3.05) is 5.32 Å². The van der Waals surface area contributed by atoms with Crippen molar-refractivity contribution in [2.45, 2.75) is 33.4 Å². The Labute approximate surface area is 155 Å². The van der Waals surface area contributed by atoms with Crippen LogP contribution in [0.5, 0.6) is 0 Å². The van der Waals surface area contributed by atoms with Gasteiger partial charge in [-0.05, 0) is 31.9 Å². The van der Waals surface area contributed by atoms with Crippen molar-refractivity contribution in [1.29, 1.82) is 0 Å². The fraction of sp³-hybridized carbons (Fsp3) is 0.278. The molecule has 3 rings (SSSR count). The molecule has 1 atom stereocenters. The van der Waals surface area contributed by atoms with Crippen LogP contribution in [0, 0.1) is 24.0 Å². The third kappa shape index (κ3) is 3.86. The predicted octanol–water partition coefficient (Wildman–Crippen LogP) is 2.85. The number of hydrogen-bond acceptors (Lipinski definition) is 5. The van der Waals surface area contributed by atoms with Crippen LogP contribution < -0.4 is 5.32 Å². The Morgan fingerprint density at radius 3 is 2.67 bits per heavy atom. The number of carbonyl (C=O) groups excluding carboxylic acids is 1. The molecule has 9 nitrogen and oxygen atoms in total. The highest BCUT2D eigenvalue weighted by atomic mass is 16.6. The maximum Gasteiger partial charge on any atom is 0.309 e. The second-order valence-corrected chi connectivity index (χ2v) is 6.34. The lowest BCUT2D eigenvalue weighted by Gasteiger charge is -2.13. The first-order valence-electron chi connectivity index (χ1n) is 8.43. The second-order valence-electron chi connectivity index (χ2n) is 6.34. The van der Waals surface area contributed by atoms with Gasteiger partial charge in [0, 0.05) is 6.20 Å². The second kappa shape index (κ2) is 7.40. The Hall–Kier alpha value is -3.49. The van der Waals surface area contributed by atoms with Crippen LogP contribution in [-0.4, -0.2) is 30.4 Å². The van der Waals surface area contributed by atoms with E-state index in [-0.39, 0.29) is 11.6 Å². The molecule has 27 heavy (non-hydrogen) atoms. The molecule has 0 aliphatic carbocycles. The van der Waals surface area contributed by atoms with E-state index >= 15 is 0 Å². The van der Waals surface area contributed by atoms with Crippen LogP contribution in [0.4, 0.5) is 11.4 Å². The first kappa shape index (κ1) is 18.3. The number of rotatable bonds is 6. The maximum absolute atomic E-state index is 12.5. The van der Waals surface area contributed by atoms with Crippen LogP contribution in [0.1, 0.15) is 29.8 Å². The molecule has 0 aliphatic heterocycles. The summed E-state index contributed by atoms with van der Waals surface area (Å²) in [7, 11) is 0. The Balaban J connectivity index is 1.69. The summed E-state index contributed by atoms with van der Waals surface area (Å²) < 4.78 is 3.08. The summed E-state index contributed by atoms with van der Waals surface area (Å²) in [5, 5.41) is 21.9. The summed E-state index contributed by atoms with van der Waals surface area (Å²) in [6, 6.07) is 7.33.